The van der Waals surface area contributed by atoms with E-state index in [1.54, 1.807) is 6.20 Å². The number of pyridine rings is 1. The number of carboxylic acid groups (broad SMARTS) is 1. The Bertz CT molecular complexity index is 624. The Morgan fingerprint density at radius 1 is 1.46 bits per heavy atom. The minimum atomic E-state index is -1.19. The van der Waals surface area contributed by atoms with Crippen LogP contribution in [0.4, 0.5) is 4.79 Å². The third-order valence-corrected chi connectivity index (χ3v) is 6.79. The number of hydrogen-bond donors (Lipinski definition) is 2. The zero-order chi connectivity index (χ0) is 17.5. The molecular weight excluding hydrogens is 326 g/mol. The fourth-order valence-corrected chi connectivity index (χ4v) is 4.69. The van der Waals surface area contributed by atoms with Crippen molar-refractivity contribution in [3.63, 3.8) is 0 Å². The standard InChI is InChI=1S/C17H25N3O3S/c1-16(2,3)24(23)19-14-13-11-18-7-4-12(13)10-17(14)5-8-20(9-6-17)15(21)22/h4,7,11,14,19H,5-6,8-10H2,1-3H3,(H,21,22)/t14-,24?/m0/s1. The summed E-state index contributed by atoms with van der Waals surface area (Å²) < 4.78 is 15.7. The summed E-state index contributed by atoms with van der Waals surface area (Å²) in [7, 11) is 0. The van der Waals surface area contributed by atoms with Gasteiger partial charge in [0.2, 0.25) is 0 Å². The van der Waals surface area contributed by atoms with Gasteiger partial charge in [-0.15, -0.1) is 4.72 Å². The molecule has 0 bridgehead atoms. The summed E-state index contributed by atoms with van der Waals surface area (Å²) >= 11 is -1.19. The van der Waals surface area contributed by atoms with E-state index in [1.807, 2.05) is 33.0 Å². The van der Waals surface area contributed by atoms with Crippen LogP contribution in [-0.2, 0) is 17.8 Å². The number of nitrogens with zero attached hydrogens (tertiary/aromatic N) is 2. The molecule has 1 fully saturated rings. The predicted octanol–water partition coefficient (Wildman–Crippen LogP) is 2.49. The van der Waals surface area contributed by atoms with Crippen LogP contribution in [0.15, 0.2) is 18.5 Å². The lowest BCUT2D eigenvalue weighted by atomic mass is 9.73. The molecule has 6 nitrogen and oxygen atoms in total. The summed E-state index contributed by atoms with van der Waals surface area (Å²) in [6.07, 6.45) is 5.23. The number of hydrogen-bond acceptors (Lipinski definition) is 4. The van der Waals surface area contributed by atoms with Gasteiger partial charge < -0.3 is 14.6 Å². The van der Waals surface area contributed by atoms with Crippen molar-refractivity contribution in [1.29, 1.82) is 0 Å². The lowest BCUT2D eigenvalue weighted by molar-refractivity contribution is 0.0764. The molecule has 1 aromatic heterocycles. The molecule has 24 heavy (non-hydrogen) atoms. The van der Waals surface area contributed by atoms with Gasteiger partial charge in [-0.2, -0.15) is 0 Å². The summed E-state index contributed by atoms with van der Waals surface area (Å²) in [6, 6.07) is 1.99. The van der Waals surface area contributed by atoms with Gasteiger partial charge in [0.25, 0.3) is 0 Å². The summed E-state index contributed by atoms with van der Waals surface area (Å²) in [5, 5.41) is 9.21. The molecule has 1 spiro atoms. The molecule has 0 radical (unpaired) electrons. The predicted molar refractivity (Wildman–Crippen MR) is 93.0 cm³/mol. The van der Waals surface area contributed by atoms with Crippen LogP contribution in [0.5, 0.6) is 0 Å². The number of rotatable bonds is 2. The Morgan fingerprint density at radius 3 is 2.71 bits per heavy atom. The lowest BCUT2D eigenvalue weighted by Crippen LogP contribution is -2.50. The van der Waals surface area contributed by atoms with E-state index >= 15 is 0 Å². The highest BCUT2D eigenvalue weighted by molar-refractivity contribution is 7.90. The van der Waals surface area contributed by atoms with Crippen molar-refractivity contribution in [2.45, 2.75) is 50.8 Å². The van der Waals surface area contributed by atoms with Gasteiger partial charge in [0, 0.05) is 42.3 Å². The van der Waals surface area contributed by atoms with Crippen LogP contribution in [0.3, 0.4) is 0 Å². The molecule has 2 heterocycles. The van der Waals surface area contributed by atoms with Gasteiger partial charge in [-0.25, -0.2) is 4.79 Å². The molecule has 3 rings (SSSR count). The van der Waals surface area contributed by atoms with Crippen LogP contribution in [-0.4, -0.2) is 43.5 Å². The Labute approximate surface area is 146 Å². The van der Waals surface area contributed by atoms with Crippen molar-refractivity contribution < 1.29 is 14.5 Å². The molecular formula is C17H25N3O3S. The van der Waals surface area contributed by atoms with Crippen molar-refractivity contribution in [2.75, 3.05) is 13.1 Å². The topological polar surface area (TPSA) is 88.5 Å². The molecule has 2 aliphatic rings. The van der Waals surface area contributed by atoms with Gasteiger partial charge >= 0.3 is 6.09 Å². The third kappa shape index (κ3) is 3.12. The quantitative estimate of drug-likeness (QED) is 0.799. The number of nitrogens with one attached hydrogen (secondary N) is 1. The first kappa shape index (κ1) is 17.5. The molecule has 1 amide bonds. The average Bonchev–Trinajstić information content (AvgIpc) is 2.80. The summed E-state index contributed by atoms with van der Waals surface area (Å²) in [6.45, 7) is 6.91. The zero-order valence-electron chi connectivity index (χ0n) is 14.4. The van der Waals surface area contributed by atoms with Crippen molar-refractivity contribution in [3.8, 4) is 0 Å². The Balaban J connectivity index is 1.87. The Kier molecular flexibility index (Phi) is 4.53. The number of fused-ring (bicyclic) bond motifs is 1. The maximum absolute atomic E-state index is 12.7. The van der Waals surface area contributed by atoms with Crippen LogP contribution < -0.4 is 4.72 Å². The maximum Gasteiger partial charge on any atom is 0.407 e. The minimum Gasteiger partial charge on any atom is -0.598 e. The molecule has 0 aromatic carbocycles. The monoisotopic (exact) mass is 351 g/mol. The molecule has 132 valence electrons. The van der Waals surface area contributed by atoms with E-state index in [0.29, 0.717) is 13.1 Å². The Morgan fingerprint density at radius 2 is 2.12 bits per heavy atom. The molecule has 2 N–H and O–H groups in total. The third-order valence-electron chi connectivity index (χ3n) is 5.22. The van der Waals surface area contributed by atoms with E-state index < -0.39 is 17.5 Å². The highest BCUT2D eigenvalue weighted by Gasteiger charge is 2.51. The van der Waals surface area contributed by atoms with Crippen LogP contribution >= 0.6 is 0 Å². The van der Waals surface area contributed by atoms with Gasteiger partial charge in [0.15, 0.2) is 0 Å². The first-order valence-corrected chi connectivity index (χ1v) is 9.47. The molecule has 1 aliphatic carbocycles. The van der Waals surface area contributed by atoms with E-state index in [4.69, 9.17) is 0 Å². The number of aromatic nitrogens is 1. The van der Waals surface area contributed by atoms with Gasteiger partial charge in [0.05, 0.1) is 6.04 Å². The molecule has 1 saturated heterocycles. The zero-order valence-corrected chi connectivity index (χ0v) is 15.2. The van der Waals surface area contributed by atoms with Crippen LogP contribution in [0.1, 0.15) is 50.8 Å². The van der Waals surface area contributed by atoms with Crippen molar-refractivity contribution in [1.82, 2.24) is 14.6 Å². The summed E-state index contributed by atoms with van der Waals surface area (Å²) in [5.74, 6) is 0. The molecule has 7 heteroatoms. The molecule has 1 aromatic rings. The van der Waals surface area contributed by atoms with Crippen molar-refractivity contribution in [3.05, 3.63) is 29.6 Å². The second-order valence-electron chi connectivity index (χ2n) is 7.82. The van der Waals surface area contributed by atoms with Gasteiger partial charge in [-0.05, 0) is 57.2 Å². The maximum atomic E-state index is 12.7. The molecule has 0 saturated carbocycles. The van der Waals surface area contributed by atoms with Crippen LogP contribution in [0.2, 0.25) is 0 Å². The van der Waals surface area contributed by atoms with E-state index in [0.717, 1.165) is 24.8 Å². The van der Waals surface area contributed by atoms with Crippen molar-refractivity contribution >= 4 is 17.5 Å². The molecule has 1 unspecified atom stereocenters. The normalized spacial score (nSPS) is 24.0. The van der Waals surface area contributed by atoms with E-state index in [-0.39, 0.29) is 16.2 Å². The van der Waals surface area contributed by atoms with Crippen LogP contribution in [0, 0.1) is 5.41 Å². The second kappa shape index (κ2) is 6.20. The average molecular weight is 351 g/mol. The fraction of sp³-hybridized carbons (Fsp3) is 0.647. The lowest BCUT2D eigenvalue weighted by Gasteiger charge is -2.43. The highest BCUT2D eigenvalue weighted by atomic mass is 32.2. The van der Waals surface area contributed by atoms with E-state index in [2.05, 4.69) is 9.71 Å². The van der Waals surface area contributed by atoms with Gasteiger partial charge in [-0.1, -0.05) is 0 Å². The number of piperidine rings is 1. The smallest absolute Gasteiger partial charge is 0.407 e. The largest absolute Gasteiger partial charge is 0.598 e. The minimum absolute atomic E-state index is 0.0443. The fourth-order valence-electron chi connectivity index (χ4n) is 3.75. The first-order chi connectivity index (χ1) is 11.2. The van der Waals surface area contributed by atoms with Crippen molar-refractivity contribution in [2.24, 2.45) is 5.41 Å². The second-order valence-corrected chi connectivity index (χ2v) is 9.81. The highest BCUT2D eigenvalue weighted by Crippen LogP contribution is 2.52. The summed E-state index contributed by atoms with van der Waals surface area (Å²) in [4.78, 5) is 16.9. The first-order valence-electron chi connectivity index (χ1n) is 8.32. The van der Waals surface area contributed by atoms with Gasteiger partial charge in [-0.3, -0.25) is 4.98 Å². The molecule has 2 atom stereocenters. The molecule has 1 aliphatic heterocycles. The van der Waals surface area contributed by atoms with E-state index in [9.17, 15) is 14.5 Å². The number of carbonyl (C=O) groups is 1. The van der Waals surface area contributed by atoms with Gasteiger partial charge in [0.1, 0.15) is 4.75 Å². The number of likely N-dealkylation sites (tertiary alicyclic amines) is 1. The SMILES string of the molecule is CC(C)(C)[S+]([O-])N[C@H]1c2cnccc2CC12CCN(C(=O)O)CC2. The number of amides is 1. The van der Waals surface area contributed by atoms with E-state index in [1.165, 1.54) is 10.5 Å². The Hall–Kier alpha value is -1.31. The van der Waals surface area contributed by atoms with Crippen LogP contribution in [0.25, 0.3) is 0 Å². The summed E-state index contributed by atoms with van der Waals surface area (Å²) in [5.41, 5.74) is 2.26.